The third-order valence-electron chi connectivity index (χ3n) is 4.27. The van der Waals surface area contributed by atoms with Crippen LogP contribution in [-0.2, 0) is 0 Å². The number of anilines is 1. The van der Waals surface area contributed by atoms with Crippen molar-refractivity contribution in [2.45, 2.75) is 26.7 Å². The van der Waals surface area contributed by atoms with Gasteiger partial charge in [0.15, 0.2) is 5.96 Å². The number of hydrogen-bond donors (Lipinski definition) is 2. The van der Waals surface area contributed by atoms with E-state index in [4.69, 9.17) is 0 Å². The third kappa shape index (κ3) is 8.27. The van der Waals surface area contributed by atoms with Crippen LogP contribution < -0.4 is 15.5 Å². The molecule has 0 saturated carbocycles. The van der Waals surface area contributed by atoms with E-state index in [1.807, 2.05) is 0 Å². The number of para-hydroxylation sites is 1. The Morgan fingerprint density at radius 3 is 2.40 bits per heavy atom. The number of guanidine groups is 1. The van der Waals surface area contributed by atoms with E-state index >= 15 is 0 Å². The molecule has 0 amide bonds. The van der Waals surface area contributed by atoms with Crippen LogP contribution in [0, 0.1) is 0 Å². The molecular weight excluding hydrogens is 425 g/mol. The molecule has 0 spiro atoms. The lowest BCUT2D eigenvalue weighted by Crippen LogP contribution is -2.47. The van der Waals surface area contributed by atoms with Crippen LogP contribution in [0.5, 0.6) is 0 Å². The Hall–Kier alpha value is -1.02. The molecule has 1 saturated heterocycles. The molecule has 2 N–H and O–H groups in total. The second-order valence-electron chi connectivity index (χ2n) is 6.21. The Labute approximate surface area is 170 Å². The van der Waals surface area contributed by atoms with Crippen molar-refractivity contribution in [2.75, 3.05) is 57.3 Å². The van der Waals surface area contributed by atoms with E-state index in [-0.39, 0.29) is 24.0 Å². The van der Waals surface area contributed by atoms with E-state index in [0.717, 1.165) is 71.2 Å². The zero-order valence-corrected chi connectivity index (χ0v) is 18.0. The first-order chi connectivity index (χ1) is 11.8. The summed E-state index contributed by atoms with van der Waals surface area (Å²) in [5, 5.41) is 6.73. The van der Waals surface area contributed by atoms with Crippen LogP contribution >= 0.6 is 24.0 Å². The third-order valence-corrected chi connectivity index (χ3v) is 4.27. The second kappa shape index (κ2) is 13.2. The van der Waals surface area contributed by atoms with Gasteiger partial charge in [0.2, 0.25) is 0 Å². The molecule has 0 unspecified atom stereocenters. The van der Waals surface area contributed by atoms with E-state index in [1.54, 1.807) is 0 Å². The maximum Gasteiger partial charge on any atom is 0.191 e. The maximum absolute atomic E-state index is 4.53. The first-order valence-electron chi connectivity index (χ1n) is 9.38. The molecule has 1 aliphatic heterocycles. The van der Waals surface area contributed by atoms with Gasteiger partial charge in [-0.15, -0.1) is 24.0 Å². The summed E-state index contributed by atoms with van der Waals surface area (Å²) < 4.78 is 0. The number of benzene rings is 1. The zero-order valence-electron chi connectivity index (χ0n) is 15.7. The van der Waals surface area contributed by atoms with Crippen molar-refractivity contribution in [3.8, 4) is 0 Å². The summed E-state index contributed by atoms with van der Waals surface area (Å²) in [6.45, 7) is 12.7. The Morgan fingerprint density at radius 2 is 1.76 bits per heavy atom. The highest BCUT2D eigenvalue weighted by Crippen LogP contribution is 2.15. The molecule has 0 aromatic heterocycles. The standard InChI is InChI=1S/C19H33N5.HI/c1-3-11-21-19(20-4-2)22-12-8-13-23-14-16-24(17-15-23)18-9-6-5-7-10-18;/h5-7,9-10H,3-4,8,11-17H2,1-2H3,(H2,20,21,22);1H. The quantitative estimate of drug-likeness (QED) is 0.272. The molecule has 0 aliphatic carbocycles. The number of nitrogens with one attached hydrogen (secondary N) is 2. The Morgan fingerprint density at radius 1 is 1.04 bits per heavy atom. The summed E-state index contributed by atoms with van der Waals surface area (Å²) in [5.74, 6) is 0.952. The maximum atomic E-state index is 4.53. The number of hydrogen-bond acceptors (Lipinski definition) is 3. The van der Waals surface area contributed by atoms with Crippen LogP contribution in [-0.4, -0.2) is 63.2 Å². The molecular formula is C19H34IN5. The van der Waals surface area contributed by atoms with E-state index < -0.39 is 0 Å². The zero-order chi connectivity index (χ0) is 17.0. The SMILES string of the molecule is CCCN=C(NCC)NCCCN1CCN(c2ccccc2)CC1.I. The molecule has 0 bridgehead atoms. The fraction of sp³-hybridized carbons (Fsp3) is 0.632. The van der Waals surface area contributed by atoms with Crippen molar-refractivity contribution < 1.29 is 0 Å². The summed E-state index contributed by atoms with van der Waals surface area (Å²) in [6, 6.07) is 10.7. The Kier molecular flexibility index (Phi) is 11.6. The molecule has 0 radical (unpaired) electrons. The smallest absolute Gasteiger partial charge is 0.191 e. The van der Waals surface area contributed by atoms with Gasteiger partial charge in [-0.1, -0.05) is 25.1 Å². The van der Waals surface area contributed by atoms with Crippen LogP contribution in [0.25, 0.3) is 0 Å². The lowest BCUT2D eigenvalue weighted by atomic mass is 10.2. The molecule has 5 nitrogen and oxygen atoms in total. The Balaban J connectivity index is 0.00000312. The summed E-state index contributed by atoms with van der Waals surface area (Å²) in [5.41, 5.74) is 1.35. The number of rotatable bonds is 8. The lowest BCUT2D eigenvalue weighted by Gasteiger charge is -2.36. The largest absolute Gasteiger partial charge is 0.369 e. The summed E-state index contributed by atoms with van der Waals surface area (Å²) in [4.78, 5) is 9.58. The number of aliphatic imine (C=N–C) groups is 1. The van der Waals surface area contributed by atoms with Crippen molar-refractivity contribution >= 4 is 35.6 Å². The molecule has 1 fully saturated rings. The average molecular weight is 459 g/mol. The number of nitrogens with zero attached hydrogens (tertiary/aromatic N) is 3. The van der Waals surface area contributed by atoms with Crippen molar-refractivity contribution in [3.05, 3.63) is 30.3 Å². The van der Waals surface area contributed by atoms with Gasteiger partial charge in [0.05, 0.1) is 0 Å². The van der Waals surface area contributed by atoms with Gasteiger partial charge in [0, 0.05) is 51.5 Å². The molecule has 0 atom stereocenters. The van der Waals surface area contributed by atoms with Crippen molar-refractivity contribution in [2.24, 2.45) is 4.99 Å². The van der Waals surface area contributed by atoms with Crippen LogP contribution in [0.15, 0.2) is 35.3 Å². The minimum Gasteiger partial charge on any atom is -0.369 e. The van der Waals surface area contributed by atoms with E-state index in [0.29, 0.717) is 0 Å². The topological polar surface area (TPSA) is 42.9 Å². The van der Waals surface area contributed by atoms with E-state index in [2.05, 4.69) is 69.6 Å². The van der Waals surface area contributed by atoms with Gasteiger partial charge >= 0.3 is 0 Å². The van der Waals surface area contributed by atoms with E-state index in [9.17, 15) is 0 Å². The van der Waals surface area contributed by atoms with Crippen molar-refractivity contribution in [1.29, 1.82) is 0 Å². The van der Waals surface area contributed by atoms with Gasteiger partial charge in [-0.25, -0.2) is 0 Å². The normalized spacial score (nSPS) is 15.6. The number of piperazine rings is 1. The fourth-order valence-electron chi connectivity index (χ4n) is 2.94. The van der Waals surface area contributed by atoms with Crippen molar-refractivity contribution in [1.82, 2.24) is 15.5 Å². The average Bonchev–Trinajstić information content (AvgIpc) is 2.64. The van der Waals surface area contributed by atoms with Gasteiger partial charge < -0.3 is 15.5 Å². The molecule has 1 aromatic rings. The van der Waals surface area contributed by atoms with Crippen LogP contribution in [0.4, 0.5) is 5.69 Å². The monoisotopic (exact) mass is 459 g/mol. The van der Waals surface area contributed by atoms with Gasteiger partial charge in [-0.05, 0) is 38.4 Å². The van der Waals surface area contributed by atoms with Crippen molar-refractivity contribution in [3.63, 3.8) is 0 Å². The fourth-order valence-corrected chi connectivity index (χ4v) is 2.94. The Bertz CT molecular complexity index is 472. The van der Waals surface area contributed by atoms with Gasteiger partial charge in [0.25, 0.3) is 0 Å². The summed E-state index contributed by atoms with van der Waals surface area (Å²) in [7, 11) is 0. The van der Waals surface area contributed by atoms with E-state index in [1.165, 1.54) is 5.69 Å². The second-order valence-corrected chi connectivity index (χ2v) is 6.21. The lowest BCUT2D eigenvalue weighted by molar-refractivity contribution is 0.255. The minimum atomic E-state index is 0. The molecule has 142 valence electrons. The molecule has 6 heteroatoms. The molecule has 25 heavy (non-hydrogen) atoms. The molecule has 1 aliphatic rings. The molecule has 2 rings (SSSR count). The minimum absolute atomic E-state index is 0. The first kappa shape index (κ1) is 22.0. The van der Waals surface area contributed by atoms with Gasteiger partial charge in [-0.3, -0.25) is 9.89 Å². The predicted octanol–water partition coefficient (Wildman–Crippen LogP) is 2.78. The van der Waals surface area contributed by atoms with Crippen LogP contribution in [0.1, 0.15) is 26.7 Å². The summed E-state index contributed by atoms with van der Waals surface area (Å²) >= 11 is 0. The predicted molar refractivity (Wildman–Crippen MR) is 119 cm³/mol. The van der Waals surface area contributed by atoms with Gasteiger partial charge in [-0.2, -0.15) is 0 Å². The number of halogens is 1. The molecule has 1 heterocycles. The highest BCUT2D eigenvalue weighted by Gasteiger charge is 2.16. The van der Waals surface area contributed by atoms with Crippen LogP contribution in [0.2, 0.25) is 0 Å². The first-order valence-corrected chi connectivity index (χ1v) is 9.38. The highest BCUT2D eigenvalue weighted by molar-refractivity contribution is 14.0. The van der Waals surface area contributed by atoms with Gasteiger partial charge in [0.1, 0.15) is 0 Å². The highest BCUT2D eigenvalue weighted by atomic mass is 127. The van der Waals surface area contributed by atoms with Crippen LogP contribution in [0.3, 0.4) is 0 Å². The molecule has 1 aromatic carbocycles. The summed E-state index contributed by atoms with van der Waals surface area (Å²) in [6.07, 6.45) is 2.24.